The van der Waals surface area contributed by atoms with E-state index >= 15 is 0 Å². The standard InChI is InChI=1S/C28H33BN4O6/c1-18(2)13-24(29(36)37)32-27(35)28(15-19-7-6-9-22(14-19)38-3)16-21(33-39-28)17-31-26(34)25-23-10-5-4-8-20(23)11-12-30-25/h4-12,14,18,24,36-37H,13,15-17H2,1-3H3,(H,31,34)(H,32,35)/t24-,28?/m0/s1. The van der Waals surface area contributed by atoms with Gasteiger partial charge in [-0.2, -0.15) is 0 Å². The Hall–Kier alpha value is -3.96. The number of oxime groups is 1. The number of carbonyl (C=O) groups is 2. The van der Waals surface area contributed by atoms with Crippen LogP contribution in [0.4, 0.5) is 0 Å². The molecule has 2 aromatic carbocycles. The summed E-state index contributed by atoms with van der Waals surface area (Å²) in [5.74, 6) is -1.04. The van der Waals surface area contributed by atoms with Crippen molar-refractivity contribution in [3.05, 3.63) is 72.1 Å². The van der Waals surface area contributed by atoms with Crippen LogP contribution >= 0.6 is 0 Å². The molecule has 2 atom stereocenters. The van der Waals surface area contributed by atoms with Gasteiger partial charge in [0.1, 0.15) is 11.4 Å². The average Bonchev–Trinajstić information content (AvgIpc) is 3.34. The van der Waals surface area contributed by atoms with E-state index in [9.17, 15) is 19.6 Å². The zero-order valence-corrected chi connectivity index (χ0v) is 22.3. The Labute approximate surface area is 227 Å². The molecule has 1 aliphatic heterocycles. The number of ether oxygens (including phenoxy) is 1. The summed E-state index contributed by atoms with van der Waals surface area (Å²) in [5.41, 5.74) is 0.0803. The minimum absolute atomic E-state index is 0.0505. The summed E-state index contributed by atoms with van der Waals surface area (Å²) in [6.45, 7) is 3.90. The number of hydrogen-bond donors (Lipinski definition) is 4. The van der Waals surface area contributed by atoms with Crippen LogP contribution in [0.1, 0.15) is 42.7 Å². The smallest absolute Gasteiger partial charge is 0.475 e. The van der Waals surface area contributed by atoms with E-state index in [-0.39, 0.29) is 31.2 Å². The van der Waals surface area contributed by atoms with Gasteiger partial charge in [-0.25, -0.2) is 0 Å². The fourth-order valence-corrected chi connectivity index (χ4v) is 4.68. The summed E-state index contributed by atoms with van der Waals surface area (Å²) in [4.78, 5) is 36.6. The largest absolute Gasteiger partial charge is 0.497 e. The average molecular weight is 532 g/mol. The highest BCUT2D eigenvalue weighted by molar-refractivity contribution is 6.43. The fourth-order valence-electron chi connectivity index (χ4n) is 4.68. The maximum Gasteiger partial charge on any atom is 0.475 e. The number of nitrogens with one attached hydrogen (secondary N) is 2. The number of aromatic nitrogens is 1. The molecule has 10 nitrogen and oxygen atoms in total. The SMILES string of the molecule is COc1cccc(CC2(C(=O)N[C@@H](CC(C)C)B(O)O)CC(CNC(=O)c3nccc4ccccc34)=NO2)c1. The van der Waals surface area contributed by atoms with E-state index in [0.717, 1.165) is 16.3 Å². The van der Waals surface area contributed by atoms with Gasteiger partial charge in [-0.1, -0.05) is 55.4 Å². The van der Waals surface area contributed by atoms with Crippen molar-refractivity contribution < 1.29 is 29.2 Å². The topological polar surface area (TPSA) is 142 Å². The van der Waals surface area contributed by atoms with Gasteiger partial charge in [0.15, 0.2) is 0 Å². The molecule has 0 saturated heterocycles. The van der Waals surface area contributed by atoms with Gasteiger partial charge < -0.3 is 30.3 Å². The number of nitrogens with zero attached hydrogens (tertiary/aromatic N) is 2. The van der Waals surface area contributed by atoms with Crippen molar-refractivity contribution in [2.45, 2.75) is 44.7 Å². The van der Waals surface area contributed by atoms with Gasteiger partial charge in [0.05, 0.1) is 25.3 Å². The second kappa shape index (κ2) is 12.3. The minimum atomic E-state index is -1.74. The van der Waals surface area contributed by atoms with Gasteiger partial charge in [-0.3, -0.25) is 14.6 Å². The van der Waals surface area contributed by atoms with Gasteiger partial charge in [0.2, 0.25) is 5.60 Å². The Morgan fingerprint density at radius 1 is 1.15 bits per heavy atom. The predicted molar refractivity (Wildman–Crippen MR) is 148 cm³/mol. The number of fused-ring (bicyclic) bond motifs is 1. The molecule has 2 amide bonds. The Bertz CT molecular complexity index is 1360. The van der Waals surface area contributed by atoms with Crippen LogP contribution in [0.15, 0.2) is 65.9 Å². The fraction of sp³-hybridized carbons (Fsp3) is 0.357. The van der Waals surface area contributed by atoms with Crippen molar-refractivity contribution in [3.8, 4) is 5.75 Å². The third kappa shape index (κ3) is 6.74. The molecule has 4 N–H and O–H groups in total. The van der Waals surface area contributed by atoms with E-state index in [1.54, 1.807) is 25.4 Å². The molecule has 11 heteroatoms. The Balaban J connectivity index is 1.51. The maximum absolute atomic E-state index is 13.6. The molecule has 0 bridgehead atoms. The van der Waals surface area contributed by atoms with E-state index in [1.807, 2.05) is 56.3 Å². The highest BCUT2D eigenvalue weighted by atomic mass is 16.7. The Morgan fingerprint density at radius 2 is 1.95 bits per heavy atom. The van der Waals surface area contributed by atoms with Crippen LogP contribution in [0.5, 0.6) is 5.75 Å². The summed E-state index contributed by atoms with van der Waals surface area (Å²) in [6.07, 6.45) is 2.19. The molecule has 0 radical (unpaired) electrons. The number of rotatable bonds is 11. The third-order valence-corrected chi connectivity index (χ3v) is 6.62. The van der Waals surface area contributed by atoms with Crippen molar-refractivity contribution in [2.24, 2.45) is 11.1 Å². The molecule has 4 rings (SSSR count). The number of pyridine rings is 1. The lowest BCUT2D eigenvalue weighted by molar-refractivity contribution is -0.144. The molecule has 3 aromatic rings. The number of methoxy groups -OCH3 is 1. The second-order valence-electron chi connectivity index (χ2n) is 10.1. The molecule has 1 aromatic heterocycles. The lowest BCUT2D eigenvalue weighted by atomic mass is 9.74. The van der Waals surface area contributed by atoms with Gasteiger partial charge in [-0.05, 0) is 41.5 Å². The second-order valence-corrected chi connectivity index (χ2v) is 10.1. The summed E-state index contributed by atoms with van der Waals surface area (Å²) in [5, 5.41) is 31.1. The number of benzene rings is 2. The molecule has 1 unspecified atom stereocenters. The van der Waals surface area contributed by atoms with E-state index in [0.29, 0.717) is 23.6 Å². The van der Waals surface area contributed by atoms with Gasteiger partial charge in [-0.15, -0.1) is 0 Å². The molecule has 0 aliphatic carbocycles. The first-order valence-corrected chi connectivity index (χ1v) is 12.9. The molecule has 2 heterocycles. The summed E-state index contributed by atoms with van der Waals surface area (Å²) < 4.78 is 5.32. The first-order chi connectivity index (χ1) is 18.7. The molecular weight excluding hydrogens is 499 g/mol. The van der Waals surface area contributed by atoms with Crippen LogP contribution in [0.2, 0.25) is 0 Å². The highest BCUT2D eigenvalue weighted by Crippen LogP contribution is 2.30. The zero-order valence-electron chi connectivity index (χ0n) is 22.3. The quantitative estimate of drug-likeness (QED) is 0.278. The van der Waals surface area contributed by atoms with Crippen LogP contribution in [0.3, 0.4) is 0 Å². The summed E-state index contributed by atoms with van der Waals surface area (Å²) in [7, 11) is -0.180. The molecule has 39 heavy (non-hydrogen) atoms. The van der Waals surface area contributed by atoms with Crippen molar-refractivity contribution in [3.63, 3.8) is 0 Å². The van der Waals surface area contributed by atoms with E-state index in [2.05, 4.69) is 20.8 Å². The van der Waals surface area contributed by atoms with Crippen LogP contribution in [-0.2, 0) is 16.1 Å². The van der Waals surface area contributed by atoms with Crippen LogP contribution in [0.25, 0.3) is 10.8 Å². The molecule has 0 saturated carbocycles. The third-order valence-electron chi connectivity index (χ3n) is 6.62. The minimum Gasteiger partial charge on any atom is -0.497 e. The highest BCUT2D eigenvalue weighted by Gasteiger charge is 2.48. The van der Waals surface area contributed by atoms with Crippen LogP contribution in [-0.4, -0.2) is 64.9 Å². The van der Waals surface area contributed by atoms with Gasteiger partial charge in [0, 0.05) is 24.4 Å². The number of amides is 2. The van der Waals surface area contributed by atoms with E-state index in [4.69, 9.17) is 9.57 Å². The van der Waals surface area contributed by atoms with Crippen LogP contribution < -0.4 is 15.4 Å². The van der Waals surface area contributed by atoms with Crippen molar-refractivity contribution in [1.82, 2.24) is 15.6 Å². The lowest BCUT2D eigenvalue weighted by Gasteiger charge is -2.29. The molecular formula is C28H33BN4O6. The van der Waals surface area contributed by atoms with Crippen LogP contribution in [0, 0.1) is 5.92 Å². The first-order valence-electron chi connectivity index (χ1n) is 12.9. The predicted octanol–water partition coefficient (Wildman–Crippen LogP) is 2.27. The molecule has 0 spiro atoms. The first kappa shape index (κ1) is 28.1. The Morgan fingerprint density at radius 3 is 2.69 bits per heavy atom. The van der Waals surface area contributed by atoms with E-state index < -0.39 is 24.6 Å². The summed E-state index contributed by atoms with van der Waals surface area (Å²) >= 11 is 0. The monoisotopic (exact) mass is 532 g/mol. The molecule has 0 fully saturated rings. The molecule has 1 aliphatic rings. The molecule has 204 valence electrons. The maximum atomic E-state index is 13.6. The Kier molecular flexibility index (Phi) is 8.83. The zero-order chi connectivity index (χ0) is 28.0. The van der Waals surface area contributed by atoms with Crippen molar-refractivity contribution in [2.75, 3.05) is 13.7 Å². The van der Waals surface area contributed by atoms with E-state index in [1.165, 1.54) is 0 Å². The summed E-state index contributed by atoms with van der Waals surface area (Å²) in [6, 6.07) is 16.6. The van der Waals surface area contributed by atoms with Gasteiger partial charge >= 0.3 is 7.12 Å². The number of hydrogen-bond acceptors (Lipinski definition) is 8. The number of carbonyl (C=O) groups excluding carboxylic acids is 2. The lowest BCUT2D eigenvalue weighted by Crippen LogP contribution is -2.56. The van der Waals surface area contributed by atoms with Gasteiger partial charge in [0.25, 0.3) is 11.8 Å². The van der Waals surface area contributed by atoms with Crippen molar-refractivity contribution >= 4 is 35.4 Å². The van der Waals surface area contributed by atoms with Crippen molar-refractivity contribution in [1.29, 1.82) is 0 Å². The normalized spacial score (nSPS) is 17.3.